The maximum Gasteiger partial charge on any atom is 0.184 e. The number of fused-ring (bicyclic) bond motifs is 8. The Balaban J connectivity index is 1.71. The van der Waals surface area contributed by atoms with Crippen LogP contribution >= 0.6 is 0 Å². The van der Waals surface area contributed by atoms with E-state index in [0.29, 0.717) is 96.4 Å². The first-order valence-corrected chi connectivity index (χ1v) is 20.4. The second-order valence-electron chi connectivity index (χ2n) is 14.7. The van der Waals surface area contributed by atoms with Crippen LogP contribution in [-0.2, 0) is 0 Å². The molecule has 1 N–H and O–H groups in total. The predicted molar refractivity (Wildman–Crippen MR) is 253 cm³/mol. The summed E-state index contributed by atoms with van der Waals surface area (Å²) in [6.45, 7) is 0. The van der Waals surface area contributed by atoms with Crippen molar-refractivity contribution < 1.29 is 37.9 Å². The van der Waals surface area contributed by atoms with Gasteiger partial charge >= 0.3 is 0 Å². The predicted octanol–water partition coefficient (Wildman–Crippen LogP) is 11.2. The van der Waals surface area contributed by atoms with Gasteiger partial charge in [-0.3, -0.25) is 0 Å². The average molecular weight is 855 g/mol. The largest absolute Gasteiger partial charge is 0.493 e. The number of rotatable bonds is 12. The summed E-state index contributed by atoms with van der Waals surface area (Å²) in [4.78, 5) is 14.1. The minimum absolute atomic E-state index is 0.478. The van der Waals surface area contributed by atoms with E-state index >= 15 is 0 Å². The van der Waals surface area contributed by atoms with Gasteiger partial charge in [0.15, 0.2) is 46.0 Å². The molecule has 64 heavy (non-hydrogen) atoms. The summed E-state index contributed by atoms with van der Waals surface area (Å²) >= 11 is 0. The van der Waals surface area contributed by atoms with Gasteiger partial charge in [-0.15, -0.1) is 0 Å². The molecule has 0 unspecified atom stereocenters. The summed E-state index contributed by atoms with van der Waals surface area (Å²) in [5.74, 6) is 4.08. The van der Waals surface area contributed by atoms with Crippen molar-refractivity contribution in [3.63, 3.8) is 0 Å². The molecule has 4 aromatic carbocycles. The number of ether oxygens (including phenoxy) is 8. The van der Waals surface area contributed by atoms with E-state index in [9.17, 15) is 0 Å². The van der Waals surface area contributed by atoms with E-state index < -0.39 is 0 Å². The summed E-state index contributed by atoms with van der Waals surface area (Å²) in [5.41, 5.74) is 10.9. The third-order valence-electron chi connectivity index (χ3n) is 11.3. The number of aromatic nitrogens is 4. The van der Waals surface area contributed by atoms with Gasteiger partial charge in [0.05, 0.1) is 96.4 Å². The number of nitrogens with zero attached hydrogens (tertiary/aromatic N) is 3. The van der Waals surface area contributed by atoms with Crippen molar-refractivity contribution in [2.24, 2.45) is 0 Å². The molecule has 5 heterocycles. The van der Waals surface area contributed by atoms with Gasteiger partial charge in [0.25, 0.3) is 0 Å². The fraction of sp³-hybridized carbons (Fsp3) is 0.154. The minimum atomic E-state index is 0.478. The van der Waals surface area contributed by atoms with Gasteiger partial charge < -0.3 is 47.4 Å². The maximum absolute atomic E-state index is 6.33. The molecule has 7 aromatic rings. The summed E-state index contributed by atoms with van der Waals surface area (Å²) in [6.07, 6.45) is 8.01. The smallest absolute Gasteiger partial charge is 0.184 e. The molecule has 9 rings (SSSR count). The van der Waals surface area contributed by atoms with Crippen molar-refractivity contribution in [3.05, 3.63) is 126 Å². The molecule has 0 spiro atoms. The van der Waals surface area contributed by atoms with E-state index in [0.717, 1.165) is 33.5 Å². The molecule has 2 aliphatic rings. The van der Waals surface area contributed by atoms with Gasteiger partial charge in [-0.25, -0.2) is 9.97 Å². The second kappa shape index (κ2) is 17.3. The average Bonchev–Trinajstić information content (AvgIpc) is 4.15. The Morgan fingerprint density at radius 2 is 0.844 bits per heavy atom. The summed E-state index contributed by atoms with van der Waals surface area (Å²) in [5, 5.41) is 0. The van der Waals surface area contributed by atoms with Crippen LogP contribution in [0, 0.1) is 0 Å². The number of H-pyrrole nitrogens is 1. The van der Waals surface area contributed by atoms with Crippen molar-refractivity contribution >= 4 is 46.4 Å². The zero-order chi connectivity index (χ0) is 44.5. The monoisotopic (exact) mass is 854 g/mol. The van der Waals surface area contributed by atoms with E-state index in [4.69, 9.17) is 47.9 Å². The first kappa shape index (κ1) is 41.2. The highest BCUT2D eigenvalue weighted by Crippen LogP contribution is 2.55. The van der Waals surface area contributed by atoms with Gasteiger partial charge in [0.1, 0.15) is 0 Å². The Kier molecular flexibility index (Phi) is 11.2. The topological polar surface area (TPSA) is 120 Å². The quantitative estimate of drug-likeness (QED) is 0.127. The molecule has 3 aromatic heterocycles. The highest BCUT2D eigenvalue weighted by atomic mass is 16.5. The number of aromatic amines is 1. The molecule has 0 amide bonds. The Bertz CT molecular complexity index is 3180. The highest BCUT2D eigenvalue weighted by molar-refractivity contribution is 6.13. The Labute approximate surface area is 370 Å². The van der Waals surface area contributed by atoms with Crippen LogP contribution in [-0.4, -0.2) is 76.4 Å². The molecule has 0 fully saturated rings. The molecule has 12 nitrogen and oxygen atoms in total. The standard InChI is InChI=1S/C52H46N4O8/c1-57-41-17-9-13-35(49(41)61-5)45-38-26-25-33(55-38)28-32-22-21-30(53-32)27-31-23-24-34(54-31)29-40-46(36-14-10-18-42(58-2)50(36)62-6)47(37-15-11-19-43(59-3)51(37)63-7)48(45)56(40)39-16-12-20-44(60-4)52(39)64-8/h9-29,53H,1-8H3. The molecule has 12 heteroatoms. The lowest BCUT2D eigenvalue weighted by molar-refractivity contribution is 0.354. The first-order valence-electron chi connectivity index (χ1n) is 20.4. The molecule has 0 radical (unpaired) electrons. The molecule has 0 saturated heterocycles. The molecular weight excluding hydrogens is 809 g/mol. The number of hydrogen-bond acceptors (Lipinski definition) is 10. The molecule has 8 bridgehead atoms. The number of para-hydroxylation sites is 4. The Hall–Kier alpha value is -8.12. The van der Waals surface area contributed by atoms with Crippen molar-refractivity contribution in [2.45, 2.75) is 0 Å². The van der Waals surface area contributed by atoms with Gasteiger partial charge in [-0.05, 0) is 85.0 Å². The van der Waals surface area contributed by atoms with Crippen LogP contribution in [0.4, 0.5) is 0 Å². The molecule has 0 atom stereocenters. The molecular formula is C52H46N4O8. The summed E-state index contributed by atoms with van der Waals surface area (Å²) < 4.78 is 51.4. The maximum atomic E-state index is 6.33. The molecule has 0 aliphatic carbocycles. The van der Waals surface area contributed by atoms with Crippen molar-refractivity contribution in [3.8, 4) is 85.1 Å². The van der Waals surface area contributed by atoms with Crippen LogP contribution in [0.5, 0.6) is 46.0 Å². The summed E-state index contributed by atoms with van der Waals surface area (Å²) in [7, 11) is 13.0. The van der Waals surface area contributed by atoms with Crippen molar-refractivity contribution in [1.29, 1.82) is 0 Å². The first-order chi connectivity index (χ1) is 31.4. The fourth-order valence-corrected chi connectivity index (χ4v) is 8.64. The summed E-state index contributed by atoms with van der Waals surface area (Å²) in [6, 6.07) is 33.4. The van der Waals surface area contributed by atoms with E-state index in [1.165, 1.54) is 0 Å². The minimum Gasteiger partial charge on any atom is -0.493 e. The van der Waals surface area contributed by atoms with E-state index in [1.807, 2.05) is 121 Å². The SMILES string of the molecule is COc1cccc(-c2c(-c3cccc(OC)c3OC)c3c(-c4cccc(OC)c4OC)c4nc(cc5ccc(cc6nc(cc2n3-c2cccc(OC)c2OC)C=C6)[nH]5)C=C4)c1OC. The van der Waals surface area contributed by atoms with E-state index in [2.05, 4.69) is 15.6 Å². The van der Waals surface area contributed by atoms with Crippen molar-refractivity contribution in [1.82, 2.24) is 19.5 Å². The number of hydrogen-bond donors (Lipinski definition) is 1. The van der Waals surface area contributed by atoms with Gasteiger partial charge in [0, 0.05) is 44.4 Å². The molecule has 2 aliphatic heterocycles. The van der Waals surface area contributed by atoms with Crippen LogP contribution < -0.4 is 37.9 Å². The van der Waals surface area contributed by atoms with Crippen LogP contribution in [0.25, 0.3) is 85.4 Å². The highest BCUT2D eigenvalue weighted by Gasteiger charge is 2.32. The lowest BCUT2D eigenvalue weighted by Crippen LogP contribution is -2.03. The second-order valence-corrected chi connectivity index (χ2v) is 14.7. The number of nitrogens with one attached hydrogen (secondary N) is 1. The lowest BCUT2D eigenvalue weighted by atomic mass is 9.91. The normalized spacial score (nSPS) is 11.6. The van der Waals surface area contributed by atoms with E-state index in [1.54, 1.807) is 56.9 Å². The van der Waals surface area contributed by atoms with Gasteiger partial charge in [-0.2, -0.15) is 0 Å². The van der Waals surface area contributed by atoms with Crippen LogP contribution in [0.15, 0.2) is 103 Å². The molecule has 322 valence electrons. The third-order valence-corrected chi connectivity index (χ3v) is 11.3. The molecule has 0 saturated carbocycles. The third kappa shape index (κ3) is 6.98. The Morgan fingerprint density at radius 1 is 0.406 bits per heavy atom. The zero-order valence-electron chi connectivity index (χ0n) is 36.7. The van der Waals surface area contributed by atoms with Crippen molar-refractivity contribution in [2.75, 3.05) is 56.9 Å². The van der Waals surface area contributed by atoms with Crippen LogP contribution in [0.3, 0.4) is 0 Å². The number of benzene rings is 4. The number of methoxy groups -OCH3 is 8. The van der Waals surface area contributed by atoms with Gasteiger partial charge in [-0.1, -0.05) is 42.5 Å². The van der Waals surface area contributed by atoms with Gasteiger partial charge in [0.2, 0.25) is 0 Å². The Morgan fingerprint density at radius 3 is 1.36 bits per heavy atom. The van der Waals surface area contributed by atoms with E-state index in [-0.39, 0.29) is 0 Å². The van der Waals surface area contributed by atoms with Crippen LogP contribution in [0.1, 0.15) is 22.8 Å². The fourth-order valence-electron chi connectivity index (χ4n) is 8.64. The lowest BCUT2D eigenvalue weighted by Gasteiger charge is -2.19. The zero-order valence-corrected chi connectivity index (χ0v) is 36.7. The van der Waals surface area contributed by atoms with Crippen LogP contribution in [0.2, 0.25) is 0 Å².